The van der Waals surface area contributed by atoms with E-state index < -0.39 is 0 Å². The van der Waals surface area contributed by atoms with Gasteiger partial charge in [-0.3, -0.25) is 4.79 Å². The average Bonchev–Trinajstić information content (AvgIpc) is 3.23. The van der Waals surface area contributed by atoms with Gasteiger partial charge in [0, 0.05) is 12.1 Å². The topological polar surface area (TPSA) is 86.5 Å². The van der Waals surface area contributed by atoms with Crippen LogP contribution in [0.15, 0.2) is 47.0 Å². The maximum atomic E-state index is 12.1. The van der Waals surface area contributed by atoms with Gasteiger partial charge in [-0.05, 0) is 31.0 Å². The van der Waals surface area contributed by atoms with Crippen LogP contribution in [0.4, 0.5) is 0 Å². The van der Waals surface area contributed by atoms with Crippen molar-refractivity contribution >= 4 is 17.7 Å². The zero-order valence-corrected chi connectivity index (χ0v) is 18.1. The highest BCUT2D eigenvalue weighted by Gasteiger charge is 2.10. The van der Waals surface area contributed by atoms with Gasteiger partial charge >= 0.3 is 0 Å². The number of ether oxygens (including phenoxy) is 2. The predicted octanol–water partition coefficient (Wildman–Crippen LogP) is 3.65. The fourth-order valence-electron chi connectivity index (χ4n) is 2.80. The quantitative estimate of drug-likeness (QED) is 0.528. The van der Waals surface area contributed by atoms with Crippen molar-refractivity contribution in [3.63, 3.8) is 0 Å². The summed E-state index contributed by atoms with van der Waals surface area (Å²) in [6.45, 7) is 2.58. The molecule has 0 saturated heterocycles. The summed E-state index contributed by atoms with van der Waals surface area (Å²) in [5.41, 5.74) is 3.15. The second-order valence-corrected chi connectivity index (χ2v) is 7.65. The smallest absolute Gasteiger partial charge is 0.236 e. The van der Waals surface area contributed by atoms with Crippen LogP contribution in [-0.2, 0) is 17.0 Å². The van der Waals surface area contributed by atoms with Gasteiger partial charge in [-0.1, -0.05) is 41.1 Å². The van der Waals surface area contributed by atoms with Gasteiger partial charge in [0.1, 0.15) is 0 Å². The summed E-state index contributed by atoms with van der Waals surface area (Å²) in [6.07, 6.45) is 0.709. The molecule has 30 heavy (non-hydrogen) atoms. The van der Waals surface area contributed by atoms with E-state index in [-0.39, 0.29) is 5.91 Å². The van der Waals surface area contributed by atoms with Crippen LogP contribution in [-0.4, -0.2) is 42.6 Å². The van der Waals surface area contributed by atoms with Crippen molar-refractivity contribution in [1.29, 1.82) is 0 Å². The fraction of sp³-hybridized carbons (Fsp3) is 0.318. The number of aromatic nitrogens is 2. The number of thioether (sulfide) groups is 1. The molecule has 0 saturated carbocycles. The van der Waals surface area contributed by atoms with Crippen LogP contribution in [0.5, 0.6) is 11.5 Å². The summed E-state index contributed by atoms with van der Waals surface area (Å²) in [4.78, 5) is 16.4. The van der Waals surface area contributed by atoms with E-state index in [4.69, 9.17) is 14.0 Å². The minimum absolute atomic E-state index is 0.0289. The second-order valence-electron chi connectivity index (χ2n) is 6.66. The Labute approximate surface area is 180 Å². The molecule has 2 aromatic carbocycles. The molecule has 0 bridgehead atoms. The summed E-state index contributed by atoms with van der Waals surface area (Å²) in [5, 5.41) is 6.93. The molecule has 0 aliphatic rings. The number of hydrogen-bond acceptors (Lipinski definition) is 7. The fourth-order valence-corrected chi connectivity index (χ4v) is 3.48. The van der Waals surface area contributed by atoms with Crippen molar-refractivity contribution in [1.82, 2.24) is 15.5 Å². The maximum Gasteiger partial charge on any atom is 0.236 e. The standard InChI is InChI=1S/C22H25N3O4S/c1-15-4-7-17(8-5-15)22-24-21(29-25-22)14-30-13-20(26)23-11-10-16-6-9-18(27-2)19(12-16)28-3/h4-9,12H,10-11,13-14H2,1-3H3,(H,23,26). The molecule has 1 aromatic heterocycles. The Morgan fingerprint density at radius 2 is 1.87 bits per heavy atom. The van der Waals surface area contributed by atoms with Crippen LogP contribution < -0.4 is 14.8 Å². The Balaban J connectivity index is 1.39. The molecule has 0 aliphatic heterocycles. The third kappa shape index (κ3) is 6.00. The van der Waals surface area contributed by atoms with Crippen LogP contribution in [0, 0.1) is 6.92 Å². The molecule has 3 aromatic rings. The number of nitrogens with zero attached hydrogens (tertiary/aromatic N) is 2. The number of hydrogen-bond donors (Lipinski definition) is 1. The third-order valence-electron chi connectivity index (χ3n) is 4.42. The summed E-state index contributed by atoms with van der Waals surface area (Å²) >= 11 is 1.44. The molecule has 158 valence electrons. The number of nitrogens with one attached hydrogen (secondary N) is 1. The average molecular weight is 428 g/mol. The van der Waals surface area contributed by atoms with E-state index in [1.165, 1.54) is 17.3 Å². The van der Waals surface area contributed by atoms with Crippen LogP contribution >= 0.6 is 11.8 Å². The van der Waals surface area contributed by atoms with E-state index in [2.05, 4.69) is 15.5 Å². The highest BCUT2D eigenvalue weighted by Crippen LogP contribution is 2.27. The van der Waals surface area contributed by atoms with E-state index in [0.717, 1.165) is 11.1 Å². The Hall–Kier alpha value is -3.00. The number of aryl methyl sites for hydroxylation is 1. The summed E-state index contributed by atoms with van der Waals surface area (Å²) < 4.78 is 15.8. The number of amides is 1. The lowest BCUT2D eigenvalue weighted by Crippen LogP contribution is -2.27. The highest BCUT2D eigenvalue weighted by molar-refractivity contribution is 7.99. The van der Waals surface area contributed by atoms with Crippen molar-refractivity contribution in [3.8, 4) is 22.9 Å². The Morgan fingerprint density at radius 1 is 1.10 bits per heavy atom. The minimum Gasteiger partial charge on any atom is -0.493 e. The number of methoxy groups -OCH3 is 2. The van der Waals surface area contributed by atoms with Crippen molar-refractivity contribution in [3.05, 3.63) is 59.5 Å². The van der Waals surface area contributed by atoms with Crippen LogP contribution in [0.2, 0.25) is 0 Å². The molecule has 3 rings (SSSR count). The Bertz CT molecular complexity index is 973. The molecule has 0 spiro atoms. The first-order chi connectivity index (χ1) is 14.6. The number of carbonyl (C=O) groups excluding carboxylic acids is 1. The van der Waals surface area contributed by atoms with Gasteiger partial charge in [0.05, 0.1) is 25.7 Å². The Morgan fingerprint density at radius 3 is 2.60 bits per heavy atom. The van der Waals surface area contributed by atoms with Crippen LogP contribution in [0.3, 0.4) is 0 Å². The van der Waals surface area contributed by atoms with Gasteiger partial charge in [-0.2, -0.15) is 4.98 Å². The van der Waals surface area contributed by atoms with E-state index in [1.54, 1.807) is 14.2 Å². The highest BCUT2D eigenvalue weighted by atomic mass is 32.2. The minimum atomic E-state index is -0.0289. The predicted molar refractivity (Wildman–Crippen MR) is 117 cm³/mol. The first-order valence-electron chi connectivity index (χ1n) is 9.54. The van der Waals surface area contributed by atoms with Gasteiger partial charge < -0.3 is 19.3 Å². The molecule has 7 nitrogen and oxygen atoms in total. The monoisotopic (exact) mass is 427 g/mol. The molecule has 0 atom stereocenters. The maximum absolute atomic E-state index is 12.1. The van der Waals surface area contributed by atoms with Crippen molar-refractivity contribution in [2.24, 2.45) is 0 Å². The molecule has 1 N–H and O–H groups in total. The molecule has 0 aliphatic carbocycles. The van der Waals surface area contributed by atoms with Gasteiger partial charge in [-0.15, -0.1) is 11.8 Å². The number of carbonyl (C=O) groups is 1. The summed E-state index contributed by atoms with van der Waals surface area (Å²) in [7, 11) is 3.21. The van der Waals surface area contributed by atoms with E-state index in [9.17, 15) is 4.79 Å². The lowest BCUT2D eigenvalue weighted by Gasteiger charge is -2.10. The van der Waals surface area contributed by atoms with E-state index in [1.807, 2.05) is 49.4 Å². The third-order valence-corrected chi connectivity index (χ3v) is 5.34. The zero-order valence-electron chi connectivity index (χ0n) is 17.3. The van der Waals surface area contributed by atoms with Crippen molar-refractivity contribution in [2.45, 2.75) is 19.1 Å². The van der Waals surface area contributed by atoms with Gasteiger partial charge in [0.15, 0.2) is 11.5 Å². The molecule has 1 amide bonds. The molecule has 0 fully saturated rings. The Kier molecular flexibility index (Phi) is 7.73. The molecular weight excluding hydrogens is 402 g/mol. The van der Waals surface area contributed by atoms with Crippen molar-refractivity contribution < 1.29 is 18.8 Å². The molecular formula is C22H25N3O4S. The normalized spacial score (nSPS) is 10.6. The van der Waals surface area contributed by atoms with E-state index >= 15 is 0 Å². The number of benzene rings is 2. The summed E-state index contributed by atoms with van der Waals surface area (Å²) in [6, 6.07) is 13.7. The second kappa shape index (κ2) is 10.7. The van der Waals surface area contributed by atoms with Gasteiger partial charge in [-0.25, -0.2) is 0 Å². The first-order valence-corrected chi connectivity index (χ1v) is 10.7. The lowest BCUT2D eigenvalue weighted by atomic mass is 10.1. The molecule has 0 radical (unpaired) electrons. The molecule has 8 heteroatoms. The van der Waals surface area contributed by atoms with Crippen LogP contribution in [0.1, 0.15) is 17.0 Å². The van der Waals surface area contributed by atoms with Crippen LogP contribution in [0.25, 0.3) is 11.4 Å². The van der Waals surface area contributed by atoms with E-state index in [0.29, 0.717) is 47.7 Å². The SMILES string of the molecule is COc1ccc(CCNC(=O)CSCc2nc(-c3ccc(C)cc3)no2)cc1OC. The van der Waals surface area contributed by atoms with Gasteiger partial charge in [0.25, 0.3) is 0 Å². The van der Waals surface area contributed by atoms with Gasteiger partial charge in [0.2, 0.25) is 17.6 Å². The largest absolute Gasteiger partial charge is 0.493 e. The van der Waals surface area contributed by atoms with Crippen molar-refractivity contribution in [2.75, 3.05) is 26.5 Å². The molecule has 1 heterocycles. The zero-order chi connectivity index (χ0) is 21.3. The number of rotatable bonds is 10. The summed E-state index contributed by atoms with van der Waals surface area (Å²) in [5.74, 6) is 3.22. The first kappa shape index (κ1) is 21.7. The lowest BCUT2D eigenvalue weighted by molar-refractivity contribution is -0.118. The molecule has 0 unspecified atom stereocenters.